The van der Waals surface area contributed by atoms with Crippen molar-refractivity contribution >= 4 is 29.4 Å². The van der Waals surface area contributed by atoms with Gasteiger partial charge in [-0.25, -0.2) is 4.79 Å². The van der Waals surface area contributed by atoms with Crippen molar-refractivity contribution in [1.82, 2.24) is 10.2 Å². The van der Waals surface area contributed by atoms with E-state index in [4.69, 9.17) is 4.74 Å². The number of hydrogen-bond acceptors (Lipinski definition) is 7. The Morgan fingerprint density at radius 3 is 2.74 bits per heavy atom. The van der Waals surface area contributed by atoms with Crippen LogP contribution in [0.3, 0.4) is 0 Å². The first-order chi connectivity index (χ1) is 13.0. The number of carbonyl (C=O) groups is 4. The van der Waals surface area contributed by atoms with E-state index in [1.54, 1.807) is 36.1 Å². The lowest BCUT2D eigenvalue weighted by molar-refractivity contribution is -0.146. The van der Waals surface area contributed by atoms with Crippen LogP contribution in [0, 0.1) is 0 Å². The molecule has 27 heavy (non-hydrogen) atoms. The monoisotopic (exact) mass is 377 g/mol. The first kappa shape index (κ1) is 20.4. The zero-order chi connectivity index (χ0) is 19.8. The minimum absolute atomic E-state index is 0.105. The van der Waals surface area contributed by atoms with Gasteiger partial charge in [-0.2, -0.15) is 0 Å². The van der Waals surface area contributed by atoms with Crippen LogP contribution < -0.4 is 10.6 Å². The second-order valence-corrected chi connectivity index (χ2v) is 5.87. The van der Waals surface area contributed by atoms with Crippen LogP contribution >= 0.6 is 0 Å². The number of methoxy groups -OCH3 is 1. The van der Waals surface area contributed by atoms with Crippen LogP contribution in [0.4, 0.5) is 5.69 Å². The lowest BCUT2D eigenvalue weighted by atomic mass is 10.1. The van der Waals surface area contributed by atoms with Gasteiger partial charge in [0.25, 0.3) is 0 Å². The summed E-state index contributed by atoms with van der Waals surface area (Å²) in [5.41, 5.74) is 0.571. The van der Waals surface area contributed by atoms with E-state index >= 15 is 0 Å². The molecule has 2 rings (SSSR count). The zero-order valence-electron chi connectivity index (χ0n) is 15.3. The Bertz CT molecular complexity index is 721. The van der Waals surface area contributed by atoms with Crippen LogP contribution in [0.1, 0.15) is 23.7 Å². The summed E-state index contributed by atoms with van der Waals surface area (Å²) >= 11 is 0. The van der Waals surface area contributed by atoms with E-state index in [2.05, 4.69) is 15.4 Å². The number of carbonyl (C=O) groups excluding carboxylic acids is 4. The van der Waals surface area contributed by atoms with Gasteiger partial charge >= 0.3 is 11.9 Å². The van der Waals surface area contributed by atoms with E-state index in [0.29, 0.717) is 18.8 Å². The molecule has 1 aliphatic rings. The summed E-state index contributed by atoms with van der Waals surface area (Å²) in [6.45, 7) is 2.61. The summed E-state index contributed by atoms with van der Waals surface area (Å²) in [4.78, 5) is 49.7. The Morgan fingerprint density at radius 2 is 2.04 bits per heavy atom. The highest BCUT2D eigenvalue weighted by Crippen LogP contribution is 2.17. The molecule has 0 spiro atoms. The highest BCUT2D eigenvalue weighted by molar-refractivity contribution is 6.02. The molecule has 1 atom stereocenters. The van der Waals surface area contributed by atoms with E-state index in [0.717, 1.165) is 0 Å². The van der Waals surface area contributed by atoms with E-state index in [1.165, 1.54) is 7.11 Å². The molecule has 2 amide bonds. The fraction of sp³-hybridized carbons (Fsp3) is 0.444. The molecule has 2 N–H and O–H groups in total. The number of piperazine rings is 1. The molecule has 0 radical (unpaired) electrons. The van der Waals surface area contributed by atoms with E-state index in [-0.39, 0.29) is 31.0 Å². The summed E-state index contributed by atoms with van der Waals surface area (Å²) in [7, 11) is 1.24. The minimum atomic E-state index is -0.780. The Hall–Kier alpha value is -2.94. The molecule has 1 aromatic rings. The standard InChI is InChI=1S/C18H23N3O6/c1-3-27-18(25)12-6-4-5-7-13(12)20-15(22)11-21-9-8-19-17(24)14(21)10-16(23)26-2/h4-7,14H,3,8-11H2,1-2H3,(H,19,24)(H,20,22)/t14-/m1/s1. The second kappa shape index (κ2) is 9.67. The molecule has 1 saturated heterocycles. The third-order valence-corrected chi connectivity index (χ3v) is 4.07. The van der Waals surface area contributed by atoms with Gasteiger partial charge in [-0.1, -0.05) is 12.1 Å². The van der Waals surface area contributed by atoms with Crippen LogP contribution in [0.15, 0.2) is 24.3 Å². The molecule has 1 fully saturated rings. The summed E-state index contributed by atoms with van der Waals surface area (Å²) in [5, 5.41) is 5.34. The minimum Gasteiger partial charge on any atom is -0.469 e. The first-order valence-corrected chi connectivity index (χ1v) is 8.60. The largest absolute Gasteiger partial charge is 0.469 e. The predicted octanol–water partition coefficient (Wildman–Crippen LogP) is 0.165. The van der Waals surface area contributed by atoms with Crippen molar-refractivity contribution in [2.24, 2.45) is 0 Å². The number of rotatable bonds is 7. The van der Waals surface area contributed by atoms with Crippen LogP contribution in [0.25, 0.3) is 0 Å². The molecule has 0 aromatic heterocycles. The summed E-state index contributed by atoms with van der Waals surface area (Å²) < 4.78 is 9.60. The fourth-order valence-electron chi connectivity index (χ4n) is 2.77. The fourth-order valence-corrected chi connectivity index (χ4v) is 2.77. The molecule has 0 aliphatic carbocycles. The predicted molar refractivity (Wildman–Crippen MR) is 96.0 cm³/mol. The van der Waals surface area contributed by atoms with Gasteiger partial charge in [0.15, 0.2) is 0 Å². The summed E-state index contributed by atoms with van der Waals surface area (Å²) in [6, 6.07) is 5.73. The molecule has 9 heteroatoms. The number of para-hydroxylation sites is 1. The van der Waals surface area contributed by atoms with Gasteiger partial charge < -0.3 is 20.1 Å². The van der Waals surface area contributed by atoms with Gasteiger partial charge in [-0.3, -0.25) is 19.3 Å². The Kier molecular flexibility index (Phi) is 7.30. The average Bonchev–Trinajstić information content (AvgIpc) is 2.65. The molecule has 0 bridgehead atoms. The number of nitrogens with one attached hydrogen (secondary N) is 2. The molecule has 1 aromatic carbocycles. The van der Waals surface area contributed by atoms with Crippen molar-refractivity contribution in [3.8, 4) is 0 Å². The normalized spacial score (nSPS) is 17.0. The number of benzene rings is 1. The van der Waals surface area contributed by atoms with Crippen molar-refractivity contribution in [3.63, 3.8) is 0 Å². The SMILES string of the molecule is CCOC(=O)c1ccccc1NC(=O)CN1CCNC(=O)[C@H]1CC(=O)OC. The molecule has 1 heterocycles. The molecule has 146 valence electrons. The van der Waals surface area contributed by atoms with Crippen LogP contribution in [-0.2, 0) is 23.9 Å². The highest BCUT2D eigenvalue weighted by atomic mass is 16.5. The Morgan fingerprint density at radius 1 is 1.30 bits per heavy atom. The second-order valence-electron chi connectivity index (χ2n) is 5.87. The smallest absolute Gasteiger partial charge is 0.340 e. The number of esters is 2. The summed E-state index contributed by atoms with van der Waals surface area (Å²) in [5.74, 6) is -1.80. The van der Waals surface area contributed by atoms with Crippen LogP contribution in [0.2, 0.25) is 0 Å². The zero-order valence-corrected chi connectivity index (χ0v) is 15.3. The molecular weight excluding hydrogens is 354 g/mol. The van der Waals surface area contributed by atoms with E-state index in [9.17, 15) is 19.2 Å². The topological polar surface area (TPSA) is 114 Å². The molecule has 1 aliphatic heterocycles. The Balaban J connectivity index is 2.07. The number of hydrogen-bond donors (Lipinski definition) is 2. The summed E-state index contributed by atoms with van der Waals surface area (Å²) in [6.07, 6.45) is -0.144. The van der Waals surface area contributed by atoms with Crippen molar-refractivity contribution < 1.29 is 28.7 Å². The van der Waals surface area contributed by atoms with Gasteiger partial charge in [-0.05, 0) is 19.1 Å². The third kappa shape index (κ3) is 5.52. The Labute approximate surface area is 157 Å². The van der Waals surface area contributed by atoms with Crippen molar-refractivity contribution in [2.45, 2.75) is 19.4 Å². The van der Waals surface area contributed by atoms with Gasteiger partial charge in [-0.15, -0.1) is 0 Å². The quantitative estimate of drug-likeness (QED) is 0.651. The van der Waals surface area contributed by atoms with Crippen molar-refractivity contribution in [2.75, 3.05) is 38.7 Å². The molecule has 0 saturated carbocycles. The maximum atomic E-state index is 12.5. The van der Waals surface area contributed by atoms with Crippen LogP contribution in [0.5, 0.6) is 0 Å². The molecule has 0 unspecified atom stereocenters. The number of ether oxygens (including phenoxy) is 2. The van der Waals surface area contributed by atoms with Crippen LogP contribution in [-0.4, -0.2) is 68.0 Å². The van der Waals surface area contributed by atoms with Gasteiger partial charge in [0.05, 0.1) is 37.9 Å². The third-order valence-electron chi connectivity index (χ3n) is 4.07. The first-order valence-electron chi connectivity index (χ1n) is 8.60. The van der Waals surface area contributed by atoms with Crippen molar-refractivity contribution in [1.29, 1.82) is 0 Å². The number of amides is 2. The van der Waals surface area contributed by atoms with Gasteiger partial charge in [0.2, 0.25) is 11.8 Å². The average molecular weight is 377 g/mol. The van der Waals surface area contributed by atoms with E-state index in [1.807, 2.05) is 0 Å². The number of anilines is 1. The van der Waals surface area contributed by atoms with Crippen molar-refractivity contribution in [3.05, 3.63) is 29.8 Å². The maximum Gasteiger partial charge on any atom is 0.340 e. The lowest BCUT2D eigenvalue weighted by Gasteiger charge is -2.33. The molecule has 9 nitrogen and oxygen atoms in total. The highest BCUT2D eigenvalue weighted by Gasteiger charge is 2.33. The van der Waals surface area contributed by atoms with Gasteiger partial charge in [0.1, 0.15) is 6.04 Å². The maximum absolute atomic E-state index is 12.5. The van der Waals surface area contributed by atoms with E-state index < -0.39 is 23.9 Å². The van der Waals surface area contributed by atoms with Gasteiger partial charge in [0, 0.05) is 13.1 Å². The number of nitrogens with zero attached hydrogens (tertiary/aromatic N) is 1. The molecular formula is C18H23N3O6. The lowest BCUT2D eigenvalue weighted by Crippen LogP contribution is -2.57.